The third-order valence-electron chi connectivity index (χ3n) is 2.94. The molecule has 0 saturated carbocycles. The zero-order valence-electron chi connectivity index (χ0n) is 11.9. The zero-order valence-corrected chi connectivity index (χ0v) is 13.6. The fourth-order valence-corrected chi connectivity index (χ4v) is 3.61. The molecule has 0 spiro atoms. The van der Waals surface area contributed by atoms with Crippen LogP contribution >= 0.6 is 22.7 Å². The summed E-state index contributed by atoms with van der Waals surface area (Å²) in [5, 5.41) is 6.90. The highest BCUT2D eigenvalue weighted by Gasteiger charge is 2.20. The number of aromatic nitrogens is 2. The largest absolute Gasteiger partial charge is 0.309 e. The third-order valence-corrected chi connectivity index (χ3v) is 4.70. The molecule has 0 aromatic carbocycles. The minimum atomic E-state index is 0.132. The summed E-state index contributed by atoms with van der Waals surface area (Å²) < 4.78 is 0. The molecule has 19 heavy (non-hydrogen) atoms. The van der Waals surface area contributed by atoms with Gasteiger partial charge in [-0.25, -0.2) is 4.98 Å². The van der Waals surface area contributed by atoms with Crippen molar-refractivity contribution in [2.45, 2.75) is 45.6 Å². The van der Waals surface area contributed by atoms with Crippen LogP contribution in [0.5, 0.6) is 0 Å². The first-order chi connectivity index (χ1) is 9.00. The van der Waals surface area contributed by atoms with Crippen LogP contribution in [-0.2, 0) is 11.8 Å². The normalized spacial score (nSPS) is 13.7. The number of thiazole rings is 2. The molecule has 0 bridgehead atoms. The average molecular weight is 295 g/mol. The maximum Gasteiger partial charge on any atom is 0.0947 e. The zero-order chi connectivity index (χ0) is 13.9. The van der Waals surface area contributed by atoms with Gasteiger partial charge in [0, 0.05) is 34.3 Å². The SMILES string of the molecule is CCNC(Cc1nc(C(C)(C)C)cs1)c1cncs1. The number of nitrogens with one attached hydrogen (secondary N) is 1. The second-order valence-electron chi connectivity index (χ2n) is 5.59. The van der Waals surface area contributed by atoms with Gasteiger partial charge in [0.25, 0.3) is 0 Å². The van der Waals surface area contributed by atoms with Crippen molar-refractivity contribution in [1.82, 2.24) is 15.3 Å². The Bertz CT molecular complexity index is 497. The van der Waals surface area contributed by atoms with Crippen LogP contribution in [0.1, 0.15) is 49.3 Å². The first-order valence-electron chi connectivity index (χ1n) is 6.57. The van der Waals surface area contributed by atoms with E-state index in [-0.39, 0.29) is 5.41 Å². The number of likely N-dealkylation sites (N-methyl/N-ethyl adjacent to an activating group) is 1. The molecule has 1 unspecified atom stereocenters. The quantitative estimate of drug-likeness (QED) is 0.912. The van der Waals surface area contributed by atoms with Crippen molar-refractivity contribution in [2.24, 2.45) is 0 Å². The van der Waals surface area contributed by atoms with Crippen LogP contribution in [-0.4, -0.2) is 16.5 Å². The van der Waals surface area contributed by atoms with Crippen LogP contribution < -0.4 is 5.32 Å². The van der Waals surface area contributed by atoms with Crippen LogP contribution in [0.4, 0.5) is 0 Å². The van der Waals surface area contributed by atoms with Crippen LogP contribution in [0.15, 0.2) is 17.1 Å². The lowest BCUT2D eigenvalue weighted by Crippen LogP contribution is -2.22. The van der Waals surface area contributed by atoms with E-state index in [1.807, 2.05) is 11.7 Å². The third kappa shape index (κ3) is 3.84. The average Bonchev–Trinajstić information content (AvgIpc) is 2.98. The Kier molecular flexibility index (Phi) is 4.71. The van der Waals surface area contributed by atoms with Crippen molar-refractivity contribution in [2.75, 3.05) is 6.54 Å². The Morgan fingerprint density at radius 2 is 2.11 bits per heavy atom. The first-order valence-corrected chi connectivity index (χ1v) is 8.33. The van der Waals surface area contributed by atoms with Gasteiger partial charge in [-0.05, 0) is 6.54 Å². The van der Waals surface area contributed by atoms with Crippen molar-refractivity contribution in [3.63, 3.8) is 0 Å². The number of hydrogen-bond acceptors (Lipinski definition) is 5. The minimum absolute atomic E-state index is 0.132. The van der Waals surface area contributed by atoms with Crippen molar-refractivity contribution < 1.29 is 0 Å². The van der Waals surface area contributed by atoms with Gasteiger partial charge in [-0.15, -0.1) is 22.7 Å². The summed E-state index contributed by atoms with van der Waals surface area (Å²) in [6, 6.07) is 0.330. The smallest absolute Gasteiger partial charge is 0.0947 e. The molecule has 2 aromatic rings. The summed E-state index contributed by atoms with van der Waals surface area (Å²) >= 11 is 3.47. The fraction of sp³-hybridized carbons (Fsp3) is 0.571. The Morgan fingerprint density at radius 1 is 1.32 bits per heavy atom. The summed E-state index contributed by atoms with van der Waals surface area (Å²) in [5.41, 5.74) is 3.21. The minimum Gasteiger partial charge on any atom is -0.309 e. The summed E-state index contributed by atoms with van der Waals surface area (Å²) in [4.78, 5) is 10.2. The maximum absolute atomic E-state index is 4.78. The van der Waals surface area contributed by atoms with Crippen molar-refractivity contribution in [3.8, 4) is 0 Å². The van der Waals surface area contributed by atoms with E-state index in [4.69, 9.17) is 4.98 Å². The van der Waals surface area contributed by atoms with Gasteiger partial charge in [-0.1, -0.05) is 27.7 Å². The first kappa shape index (κ1) is 14.6. The maximum atomic E-state index is 4.78. The molecule has 104 valence electrons. The van der Waals surface area contributed by atoms with Gasteiger partial charge < -0.3 is 5.32 Å². The standard InChI is InChI=1S/C14H21N3S2/c1-5-16-10(11-7-15-9-19-11)6-13-17-12(8-18-13)14(2,3)4/h7-10,16H,5-6H2,1-4H3. The Hall–Kier alpha value is -0.780. The van der Waals surface area contributed by atoms with E-state index in [1.165, 1.54) is 15.6 Å². The van der Waals surface area contributed by atoms with Crippen molar-refractivity contribution in [1.29, 1.82) is 0 Å². The second kappa shape index (κ2) is 6.11. The molecule has 0 radical (unpaired) electrons. The molecule has 2 aromatic heterocycles. The Morgan fingerprint density at radius 3 is 2.63 bits per heavy atom. The molecule has 0 aliphatic carbocycles. The van der Waals surface area contributed by atoms with Gasteiger partial charge in [-0.3, -0.25) is 4.98 Å². The van der Waals surface area contributed by atoms with E-state index in [0.29, 0.717) is 6.04 Å². The molecular formula is C14H21N3S2. The highest BCUT2D eigenvalue weighted by atomic mass is 32.1. The predicted molar refractivity (Wildman–Crippen MR) is 83.0 cm³/mol. The summed E-state index contributed by atoms with van der Waals surface area (Å²) in [6.45, 7) is 9.71. The molecule has 1 atom stereocenters. The molecule has 2 rings (SSSR count). The van der Waals surface area contributed by atoms with E-state index >= 15 is 0 Å². The summed E-state index contributed by atoms with van der Waals surface area (Å²) in [7, 11) is 0. The van der Waals surface area contributed by atoms with Gasteiger partial charge in [0.15, 0.2) is 0 Å². The lowest BCUT2D eigenvalue weighted by Gasteiger charge is -2.16. The van der Waals surface area contributed by atoms with E-state index < -0.39 is 0 Å². The monoisotopic (exact) mass is 295 g/mol. The predicted octanol–water partition coefficient (Wildman–Crippen LogP) is 3.79. The van der Waals surface area contributed by atoms with Crippen molar-refractivity contribution >= 4 is 22.7 Å². The van der Waals surface area contributed by atoms with Gasteiger partial charge in [0.05, 0.1) is 16.2 Å². The number of hydrogen-bond donors (Lipinski definition) is 1. The molecule has 0 amide bonds. The van der Waals surface area contributed by atoms with Gasteiger partial charge in [0.2, 0.25) is 0 Å². The topological polar surface area (TPSA) is 37.8 Å². The summed E-state index contributed by atoms with van der Waals surface area (Å²) in [5.74, 6) is 0. The summed E-state index contributed by atoms with van der Waals surface area (Å²) in [6.07, 6.45) is 2.90. The molecule has 5 heteroatoms. The fourth-order valence-electron chi connectivity index (χ4n) is 1.84. The molecule has 0 aliphatic rings. The van der Waals surface area contributed by atoms with E-state index in [9.17, 15) is 0 Å². The molecule has 0 saturated heterocycles. The van der Waals surface area contributed by atoms with E-state index in [2.05, 4.69) is 43.4 Å². The Balaban J connectivity index is 2.11. The van der Waals surface area contributed by atoms with Gasteiger partial charge >= 0.3 is 0 Å². The van der Waals surface area contributed by atoms with Crippen LogP contribution in [0.25, 0.3) is 0 Å². The number of rotatable bonds is 5. The molecule has 1 N–H and O–H groups in total. The van der Waals surface area contributed by atoms with E-state index in [0.717, 1.165) is 13.0 Å². The lowest BCUT2D eigenvalue weighted by atomic mass is 9.93. The lowest BCUT2D eigenvalue weighted by molar-refractivity contribution is 0.545. The molecule has 3 nitrogen and oxygen atoms in total. The van der Waals surface area contributed by atoms with E-state index in [1.54, 1.807) is 22.7 Å². The number of nitrogens with zero attached hydrogens (tertiary/aromatic N) is 2. The van der Waals surface area contributed by atoms with Crippen LogP contribution in [0, 0.1) is 0 Å². The Labute approximate surface area is 123 Å². The highest BCUT2D eigenvalue weighted by Crippen LogP contribution is 2.27. The van der Waals surface area contributed by atoms with Gasteiger partial charge in [-0.2, -0.15) is 0 Å². The molecule has 2 heterocycles. The molecule has 0 aliphatic heterocycles. The molecule has 0 fully saturated rings. The van der Waals surface area contributed by atoms with Crippen molar-refractivity contribution in [3.05, 3.63) is 32.7 Å². The van der Waals surface area contributed by atoms with Gasteiger partial charge in [0.1, 0.15) is 0 Å². The molecular weight excluding hydrogens is 274 g/mol. The van der Waals surface area contributed by atoms with Crippen LogP contribution in [0.2, 0.25) is 0 Å². The second-order valence-corrected chi connectivity index (χ2v) is 7.46. The highest BCUT2D eigenvalue weighted by molar-refractivity contribution is 7.10. The van der Waals surface area contributed by atoms with Crippen LogP contribution in [0.3, 0.4) is 0 Å².